The minimum atomic E-state index is -0.127. The Bertz CT molecular complexity index is 1270. The molecule has 0 amide bonds. The number of aromatic nitrogens is 6. The molecule has 0 aliphatic rings. The van der Waals surface area contributed by atoms with Crippen molar-refractivity contribution in [1.82, 2.24) is 29.1 Å². The summed E-state index contributed by atoms with van der Waals surface area (Å²) >= 11 is 1.30. The Balaban J connectivity index is 1.75. The van der Waals surface area contributed by atoms with Crippen LogP contribution in [0, 0.1) is 20.8 Å². The maximum absolute atomic E-state index is 13.4. The van der Waals surface area contributed by atoms with Crippen LogP contribution in [0.2, 0.25) is 0 Å². The predicted octanol–water partition coefficient (Wildman–Crippen LogP) is 2.99. The molecule has 0 aliphatic heterocycles. The highest BCUT2D eigenvalue weighted by Crippen LogP contribution is 2.24. The number of nitrogens with zero attached hydrogens (tertiary/aromatic N) is 5. The molecular weight excluding hydrogens is 400 g/mol. The van der Waals surface area contributed by atoms with Crippen LogP contribution in [-0.2, 0) is 7.05 Å². The predicted molar refractivity (Wildman–Crippen MR) is 116 cm³/mol. The van der Waals surface area contributed by atoms with Gasteiger partial charge in [0.15, 0.2) is 10.9 Å². The zero-order valence-electron chi connectivity index (χ0n) is 17.2. The number of hydrogen-bond acceptors (Lipinski definition) is 5. The first-order valence-corrected chi connectivity index (χ1v) is 10.4. The fraction of sp³-hybridized carbons (Fsp3) is 0.238. The molecule has 4 aromatic rings. The van der Waals surface area contributed by atoms with Crippen LogP contribution in [0.15, 0.2) is 52.7 Å². The Hall–Kier alpha value is -3.33. The highest BCUT2D eigenvalue weighted by Gasteiger charge is 2.23. The van der Waals surface area contributed by atoms with Crippen LogP contribution in [0.25, 0.3) is 11.4 Å². The van der Waals surface area contributed by atoms with E-state index in [4.69, 9.17) is 0 Å². The molecule has 1 N–H and O–H groups in total. The summed E-state index contributed by atoms with van der Waals surface area (Å²) in [4.78, 5) is 30.3. The van der Waals surface area contributed by atoms with Crippen LogP contribution in [0.3, 0.4) is 0 Å². The topological polar surface area (TPSA) is 90.5 Å². The molecular formula is C21H22N6O2S. The van der Waals surface area contributed by atoms with E-state index in [1.165, 1.54) is 18.1 Å². The molecule has 3 aromatic heterocycles. The molecule has 30 heavy (non-hydrogen) atoms. The molecule has 9 heteroatoms. The van der Waals surface area contributed by atoms with Crippen molar-refractivity contribution in [3.05, 3.63) is 75.7 Å². The van der Waals surface area contributed by atoms with Gasteiger partial charge in [-0.05, 0) is 39.0 Å². The maximum atomic E-state index is 13.4. The average Bonchev–Trinajstić information content (AvgIpc) is 3.41. The van der Waals surface area contributed by atoms with E-state index in [-0.39, 0.29) is 17.1 Å². The van der Waals surface area contributed by atoms with Crippen molar-refractivity contribution < 1.29 is 4.79 Å². The standard InChI is InChI=1S/C21H22N6O2S/c1-13-10-17(18(28)11-30-21-22-12-23-24-21)14(2)26(13)19-15(3)25(4)27(20(19)29)16-8-6-5-7-9-16/h5-10,12H,11H2,1-4H3,(H,22,23,24). The number of aryl methyl sites for hydroxylation is 1. The lowest BCUT2D eigenvalue weighted by Crippen LogP contribution is -2.22. The smallest absolute Gasteiger partial charge is 0.295 e. The minimum absolute atomic E-state index is 0.0206. The molecule has 3 heterocycles. The molecule has 8 nitrogen and oxygen atoms in total. The zero-order valence-corrected chi connectivity index (χ0v) is 18.0. The number of rotatable bonds is 6. The molecule has 154 valence electrons. The van der Waals surface area contributed by atoms with Crippen LogP contribution in [0.4, 0.5) is 0 Å². The van der Waals surface area contributed by atoms with Crippen molar-refractivity contribution in [2.24, 2.45) is 7.05 Å². The number of ketones is 1. The van der Waals surface area contributed by atoms with Gasteiger partial charge in [0.2, 0.25) is 0 Å². The van der Waals surface area contributed by atoms with Crippen LogP contribution >= 0.6 is 11.8 Å². The van der Waals surface area contributed by atoms with Crippen molar-refractivity contribution in [2.75, 3.05) is 5.75 Å². The molecule has 0 spiro atoms. The summed E-state index contributed by atoms with van der Waals surface area (Å²) < 4.78 is 5.36. The normalized spacial score (nSPS) is 11.2. The molecule has 0 saturated heterocycles. The Kier molecular flexibility index (Phi) is 5.21. The third-order valence-electron chi connectivity index (χ3n) is 5.21. The summed E-state index contributed by atoms with van der Waals surface area (Å²) in [7, 11) is 1.86. The van der Waals surface area contributed by atoms with Gasteiger partial charge < -0.3 is 4.57 Å². The van der Waals surface area contributed by atoms with Gasteiger partial charge in [-0.3, -0.25) is 19.4 Å². The van der Waals surface area contributed by atoms with Gasteiger partial charge in [0.25, 0.3) is 5.56 Å². The Morgan fingerprint density at radius 3 is 2.53 bits per heavy atom. The molecule has 1 aromatic carbocycles. The number of para-hydroxylation sites is 1. The van der Waals surface area contributed by atoms with Crippen molar-refractivity contribution in [3.8, 4) is 11.4 Å². The van der Waals surface area contributed by atoms with Crippen molar-refractivity contribution in [1.29, 1.82) is 0 Å². The van der Waals surface area contributed by atoms with Crippen LogP contribution in [-0.4, -0.2) is 40.6 Å². The quantitative estimate of drug-likeness (QED) is 0.381. The van der Waals surface area contributed by atoms with Crippen LogP contribution in [0.5, 0.6) is 0 Å². The van der Waals surface area contributed by atoms with E-state index in [0.29, 0.717) is 16.4 Å². The summed E-state index contributed by atoms with van der Waals surface area (Å²) in [6.45, 7) is 5.69. The SMILES string of the molecule is Cc1cc(C(=O)CSc2ncn[nH]2)c(C)n1-c1c(C)n(C)n(-c2ccccc2)c1=O. The van der Waals surface area contributed by atoms with Gasteiger partial charge in [-0.15, -0.1) is 0 Å². The van der Waals surface area contributed by atoms with E-state index < -0.39 is 0 Å². The number of hydrogen-bond donors (Lipinski definition) is 1. The monoisotopic (exact) mass is 422 g/mol. The van der Waals surface area contributed by atoms with Crippen LogP contribution < -0.4 is 5.56 Å². The van der Waals surface area contributed by atoms with Gasteiger partial charge in [0.05, 0.1) is 17.1 Å². The first-order chi connectivity index (χ1) is 14.4. The molecule has 0 aliphatic carbocycles. The summed E-state index contributed by atoms with van der Waals surface area (Å²) in [5, 5.41) is 7.13. The third kappa shape index (κ3) is 3.30. The summed E-state index contributed by atoms with van der Waals surface area (Å²) in [5.74, 6) is 0.217. The Labute approximate surface area is 177 Å². The molecule has 0 saturated carbocycles. The lowest BCUT2D eigenvalue weighted by molar-refractivity contribution is 0.102. The average molecular weight is 423 g/mol. The zero-order chi connectivity index (χ0) is 21.4. The second-order valence-corrected chi connectivity index (χ2v) is 8.00. The lowest BCUT2D eigenvalue weighted by atomic mass is 10.2. The van der Waals surface area contributed by atoms with Crippen molar-refractivity contribution in [2.45, 2.75) is 25.9 Å². The summed E-state index contributed by atoms with van der Waals surface area (Å²) in [6, 6.07) is 11.4. The van der Waals surface area contributed by atoms with E-state index in [1.54, 1.807) is 4.68 Å². The van der Waals surface area contributed by atoms with Gasteiger partial charge in [-0.2, -0.15) is 5.10 Å². The van der Waals surface area contributed by atoms with E-state index >= 15 is 0 Å². The molecule has 0 atom stereocenters. The van der Waals surface area contributed by atoms with Gasteiger partial charge in [-0.1, -0.05) is 30.0 Å². The molecule has 4 rings (SSSR count). The highest BCUT2D eigenvalue weighted by atomic mass is 32.2. The maximum Gasteiger partial charge on any atom is 0.295 e. The second-order valence-electron chi connectivity index (χ2n) is 7.03. The van der Waals surface area contributed by atoms with Crippen LogP contribution in [0.1, 0.15) is 27.4 Å². The first kappa shape index (κ1) is 20.0. The third-order valence-corrected chi connectivity index (χ3v) is 6.09. The van der Waals surface area contributed by atoms with Gasteiger partial charge in [0.1, 0.15) is 12.0 Å². The Morgan fingerprint density at radius 2 is 1.87 bits per heavy atom. The number of carbonyl (C=O) groups excluding carboxylic acids is 1. The molecule has 0 bridgehead atoms. The number of carbonyl (C=O) groups is 1. The number of nitrogens with one attached hydrogen (secondary N) is 1. The number of H-pyrrole nitrogens is 1. The number of thioether (sulfide) groups is 1. The number of aromatic amines is 1. The highest BCUT2D eigenvalue weighted by molar-refractivity contribution is 7.99. The second kappa shape index (κ2) is 7.83. The summed E-state index contributed by atoms with van der Waals surface area (Å²) in [6.07, 6.45) is 1.41. The van der Waals surface area contributed by atoms with E-state index in [9.17, 15) is 9.59 Å². The first-order valence-electron chi connectivity index (χ1n) is 9.45. The fourth-order valence-corrected chi connectivity index (χ4v) is 4.34. The molecule has 0 unspecified atom stereocenters. The molecule has 0 radical (unpaired) electrons. The van der Waals surface area contributed by atoms with Crippen molar-refractivity contribution in [3.63, 3.8) is 0 Å². The number of Topliss-reactive ketones (excluding diaryl/α,β-unsaturated/α-hetero) is 1. The number of benzene rings is 1. The van der Waals surface area contributed by atoms with E-state index in [2.05, 4.69) is 15.2 Å². The van der Waals surface area contributed by atoms with E-state index in [1.807, 2.05) is 73.5 Å². The molecule has 0 fully saturated rings. The van der Waals surface area contributed by atoms with Gasteiger partial charge in [-0.25, -0.2) is 9.67 Å². The van der Waals surface area contributed by atoms with Gasteiger partial charge >= 0.3 is 0 Å². The largest absolute Gasteiger partial charge is 0.311 e. The van der Waals surface area contributed by atoms with E-state index in [0.717, 1.165) is 22.8 Å². The summed E-state index contributed by atoms with van der Waals surface area (Å²) in [5.41, 5.74) is 4.24. The Morgan fingerprint density at radius 1 is 1.13 bits per heavy atom. The van der Waals surface area contributed by atoms with Gasteiger partial charge in [0, 0.05) is 24.0 Å². The lowest BCUT2D eigenvalue weighted by Gasteiger charge is -2.08. The fourth-order valence-electron chi connectivity index (χ4n) is 3.68. The minimum Gasteiger partial charge on any atom is -0.311 e. The van der Waals surface area contributed by atoms with Crippen molar-refractivity contribution >= 4 is 17.5 Å².